The standard InChI is InChI=1S/C24H30N4O4S/c25-33(31,32)13-12-27-22(30)24-7-3-6-23(8-10-24,9-11-24)21(29)14-19-17-4-1-2-5-18(17)20-15-26-16-28(19)20/h1-2,4-5,15-16,19H,3,6-14H2,(H,27,30)(H2,25,31,32). The molecule has 0 radical (unpaired) electrons. The number of imidazole rings is 1. The third kappa shape index (κ3) is 3.91. The predicted octanol–water partition coefficient (Wildman–Crippen LogP) is 2.55. The predicted molar refractivity (Wildman–Crippen MR) is 124 cm³/mol. The summed E-state index contributed by atoms with van der Waals surface area (Å²) in [5.41, 5.74) is 2.49. The number of nitrogens with zero attached hydrogens (tertiary/aromatic N) is 2. The maximum absolute atomic E-state index is 13.8. The van der Waals surface area contributed by atoms with Gasteiger partial charge in [0.2, 0.25) is 15.9 Å². The van der Waals surface area contributed by atoms with Crippen LogP contribution in [0.1, 0.15) is 63.0 Å². The Hall–Kier alpha value is -2.52. The van der Waals surface area contributed by atoms with Crippen molar-refractivity contribution in [2.45, 2.75) is 57.4 Å². The number of Topliss-reactive ketones (excluding diaryl/α,β-unsaturated/α-hetero) is 1. The van der Waals surface area contributed by atoms with Crippen molar-refractivity contribution in [1.82, 2.24) is 14.9 Å². The van der Waals surface area contributed by atoms with E-state index < -0.39 is 15.4 Å². The summed E-state index contributed by atoms with van der Waals surface area (Å²) in [4.78, 5) is 31.0. The number of primary sulfonamides is 1. The Bertz CT molecular complexity index is 1190. The summed E-state index contributed by atoms with van der Waals surface area (Å²) >= 11 is 0. The Morgan fingerprint density at radius 2 is 1.79 bits per heavy atom. The van der Waals surface area contributed by atoms with Gasteiger partial charge < -0.3 is 9.88 Å². The Labute approximate surface area is 194 Å². The van der Waals surface area contributed by atoms with E-state index in [1.165, 1.54) is 5.56 Å². The van der Waals surface area contributed by atoms with Gasteiger partial charge in [-0.25, -0.2) is 18.5 Å². The van der Waals surface area contributed by atoms with E-state index >= 15 is 0 Å². The van der Waals surface area contributed by atoms with Gasteiger partial charge in [0.15, 0.2) is 0 Å². The third-order valence-corrected chi connectivity index (χ3v) is 8.97. The average molecular weight is 471 g/mol. The molecule has 0 spiro atoms. The van der Waals surface area contributed by atoms with Crippen LogP contribution in [0.5, 0.6) is 0 Å². The molecule has 9 heteroatoms. The summed E-state index contributed by atoms with van der Waals surface area (Å²) in [7, 11) is -3.61. The molecule has 1 atom stereocenters. The van der Waals surface area contributed by atoms with Crippen LogP contribution in [0.15, 0.2) is 36.8 Å². The summed E-state index contributed by atoms with van der Waals surface area (Å²) < 4.78 is 24.5. The molecule has 1 unspecified atom stereocenters. The minimum Gasteiger partial charge on any atom is -0.355 e. The normalized spacial score (nSPS) is 28.1. The van der Waals surface area contributed by atoms with Gasteiger partial charge in [-0.2, -0.15) is 0 Å². The lowest BCUT2D eigenvalue weighted by atomic mass is 9.62. The van der Waals surface area contributed by atoms with E-state index in [1.54, 1.807) is 0 Å². The second-order valence-electron chi connectivity index (χ2n) is 9.95. The molecule has 0 saturated heterocycles. The Morgan fingerprint density at radius 1 is 1.09 bits per heavy atom. The smallest absolute Gasteiger partial charge is 0.226 e. The number of amides is 1. The molecule has 8 nitrogen and oxygen atoms in total. The van der Waals surface area contributed by atoms with E-state index in [9.17, 15) is 18.0 Å². The van der Waals surface area contributed by atoms with Gasteiger partial charge in [-0.1, -0.05) is 30.7 Å². The fourth-order valence-electron chi connectivity index (χ4n) is 6.26. The molecule has 3 N–H and O–H groups in total. The second-order valence-corrected chi connectivity index (χ2v) is 11.7. The number of sulfonamides is 1. The van der Waals surface area contributed by atoms with Crippen molar-refractivity contribution >= 4 is 21.7 Å². The number of hydrogen-bond donors (Lipinski definition) is 2. The number of carbonyl (C=O) groups excluding carboxylic acids is 2. The first kappa shape index (κ1) is 22.3. The van der Waals surface area contributed by atoms with Crippen LogP contribution < -0.4 is 10.5 Å². The minimum atomic E-state index is -3.61. The SMILES string of the molecule is NS(=O)(=O)CCNC(=O)C12CCCC(C(=O)CC3c4ccccc4-c4cncn43)(CC1)CC2. The number of aromatic nitrogens is 2. The third-order valence-electron chi connectivity index (χ3n) is 8.20. The van der Waals surface area contributed by atoms with Gasteiger partial charge in [-0.05, 0) is 44.1 Å². The summed E-state index contributed by atoms with van der Waals surface area (Å²) in [6, 6.07) is 8.18. The van der Waals surface area contributed by atoms with Gasteiger partial charge in [0.25, 0.3) is 0 Å². The monoisotopic (exact) mass is 470 g/mol. The van der Waals surface area contributed by atoms with E-state index in [4.69, 9.17) is 5.14 Å². The molecule has 2 bridgehead atoms. The van der Waals surface area contributed by atoms with E-state index in [2.05, 4.69) is 27.0 Å². The van der Waals surface area contributed by atoms with Crippen molar-refractivity contribution in [2.75, 3.05) is 12.3 Å². The Balaban J connectivity index is 1.29. The molecule has 1 aromatic carbocycles. The van der Waals surface area contributed by atoms with Gasteiger partial charge in [0, 0.05) is 29.4 Å². The minimum absolute atomic E-state index is 0.0256. The van der Waals surface area contributed by atoms with Crippen LogP contribution in [0.4, 0.5) is 0 Å². The molecule has 1 aromatic heterocycles. The molecule has 2 aromatic rings. The van der Waals surface area contributed by atoms with Gasteiger partial charge in [-0.15, -0.1) is 0 Å². The number of rotatable bonds is 7. The lowest BCUT2D eigenvalue weighted by Crippen LogP contribution is -2.46. The molecule has 3 fully saturated rings. The fourth-order valence-corrected chi connectivity index (χ4v) is 6.64. The Morgan fingerprint density at radius 3 is 2.55 bits per heavy atom. The topological polar surface area (TPSA) is 124 Å². The van der Waals surface area contributed by atoms with Crippen molar-refractivity contribution in [3.63, 3.8) is 0 Å². The number of carbonyl (C=O) groups is 2. The lowest BCUT2D eigenvalue weighted by Gasteiger charge is -2.41. The van der Waals surface area contributed by atoms with Crippen molar-refractivity contribution in [3.8, 4) is 11.3 Å². The summed E-state index contributed by atoms with van der Waals surface area (Å²) in [5.74, 6) is -0.0769. The largest absolute Gasteiger partial charge is 0.355 e. The number of nitrogens with one attached hydrogen (secondary N) is 1. The number of fused-ring (bicyclic) bond motifs is 7. The first-order valence-electron chi connectivity index (χ1n) is 11.7. The van der Waals surface area contributed by atoms with Crippen LogP contribution >= 0.6 is 0 Å². The van der Waals surface area contributed by atoms with Crippen molar-refractivity contribution < 1.29 is 18.0 Å². The molecule has 33 heavy (non-hydrogen) atoms. The molecule has 6 rings (SSSR count). The zero-order valence-electron chi connectivity index (χ0n) is 18.6. The quantitative estimate of drug-likeness (QED) is 0.643. The fraction of sp³-hybridized carbons (Fsp3) is 0.542. The first-order valence-corrected chi connectivity index (χ1v) is 13.4. The van der Waals surface area contributed by atoms with E-state index in [0.717, 1.165) is 30.5 Å². The lowest BCUT2D eigenvalue weighted by molar-refractivity contribution is -0.139. The molecule has 3 aliphatic carbocycles. The van der Waals surface area contributed by atoms with Crippen LogP contribution in [-0.4, -0.2) is 42.0 Å². The zero-order valence-corrected chi connectivity index (χ0v) is 19.4. The van der Waals surface area contributed by atoms with Gasteiger partial charge >= 0.3 is 0 Å². The summed E-state index contributed by atoms with van der Waals surface area (Å²) in [6.45, 7) is 0.0256. The molecule has 4 aliphatic rings. The molecular formula is C24H30N4O4S. The van der Waals surface area contributed by atoms with Gasteiger partial charge in [0.05, 0.1) is 30.0 Å². The maximum Gasteiger partial charge on any atom is 0.226 e. The Kier molecular flexibility index (Phi) is 5.44. The number of benzene rings is 1. The molecule has 176 valence electrons. The molecule has 3 saturated carbocycles. The summed E-state index contributed by atoms with van der Waals surface area (Å²) in [5, 5.41) is 7.83. The van der Waals surface area contributed by atoms with Crippen LogP contribution in [0.3, 0.4) is 0 Å². The molecule has 1 amide bonds. The highest BCUT2D eigenvalue weighted by atomic mass is 32.2. The molecular weight excluding hydrogens is 440 g/mol. The van der Waals surface area contributed by atoms with Crippen molar-refractivity contribution in [1.29, 1.82) is 0 Å². The number of ketones is 1. The van der Waals surface area contributed by atoms with Crippen molar-refractivity contribution in [3.05, 3.63) is 42.4 Å². The van der Waals surface area contributed by atoms with Gasteiger partial charge in [0.1, 0.15) is 5.78 Å². The van der Waals surface area contributed by atoms with Gasteiger partial charge in [-0.3, -0.25) is 9.59 Å². The summed E-state index contributed by atoms with van der Waals surface area (Å²) in [6.07, 6.45) is 9.23. The number of nitrogens with two attached hydrogens (primary N) is 1. The highest BCUT2D eigenvalue weighted by Gasteiger charge is 2.52. The van der Waals surface area contributed by atoms with Crippen LogP contribution in [0.25, 0.3) is 11.3 Å². The van der Waals surface area contributed by atoms with E-state index in [1.807, 2.05) is 24.7 Å². The zero-order chi connectivity index (χ0) is 23.3. The van der Waals surface area contributed by atoms with Crippen LogP contribution in [0.2, 0.25) is 0 Å². The van der Waals surface area contributed by atoms with Crippen LogP contribution in [0, 0.1) is 10.8 Å². The first-order chi connectivity index (χ1) is 15.7. The average Bonchev–Trinajstić information content (AvgIpc) is 3.23. The number of hydrogen-bond acceptors (Lipinski definition) is 5. The highest BCUT2D eigenvalue weighted by Crippen LogP contribution is 2.56. The molecule has 2 heterocycles. The van der Waals surface area contributed by atoms with E-state index in [0.29, 0.717) is 32.1 Å². The van der Waals surface area contributed by atoms with Crippen LogP contribution in [-0.2, 0) is 19.6 Å². The van der Waals surface area contributed by atoms with E-state index in [-0.39, 0.29) is 35.4 Å². The highest BCUT2D eigenvalue weighted by molar-refractivity contribution is 7.89. The maximum atomic E-state index is 13.8. The second kappa shape index (κ2) is 8.06. The van der Waals surface area contributed by atoms with Crippen molar-refractivity contribution in [2.24, 2.45) is 16.0 Å². The molecule has 1 aliphatic heterocycles.